The van der Waals surface area contributed by atoms with E-state index in [4.69, 9.17) is 21.6 Å². The third-order valence-electron chi connectivity index (χ3n) is 11.2. The summed E-state index contributed by atoms with van der Waals surface area (Å²) in [7, 11) is 2.20. The van der Waals surface area contributed by atoms with Crippen LogP contribution >= 0.6 is 0 Å². The van der Waals surface area contributed by atoms with Gasteiger partial charge in [0.15, 0.2) is 17.5 Å². The van der Waals surface area contributed by atoms with E-state index >= 15 is 0 Å². The van der Waals surface area contributed by atoms with Crippen molar-refractivity contribution in [1.29, 1.82) is 0 Å². The first kappa shape index (κ1) is 29.7. The minimum absolute atomic E-state index is 0.0243. The first-order valence-corrected chi connectivity index (χ1v) is 17.7. The Balaban J connectivity index is 1.23. The fourth-order valence-electron chi connectivity index (χ4n) is 8.91. The van der Waals surface area contributed by atoms with Crippen molar-refractivity contribution in [3.05, 3.63) is 168 Å². The minimum Gasteiger partial charge on any atom is -0.337 e. The molecule has 248 valence electrons. The average molecular weight is 664 g/mol. The minimum atomic E-state index is -0.178. The number of hydrazone groups is 1. The van der Waals surface area contributed by atoms with Gasteiger partial charge >= 0.3 is 0 Å². The predicted molar refractivity (Wildman–Crippen MR) is 207 cm³/mol. The summed E-state index contributed by atoms with van der Waals surface area (Å²) in [5.74, 6) is 2.76. The molecule has 4 atom stereocenters. The maximum absolute atomic E-state index is 5.58. The fourth-order valence-corrected chi connectivity index (χ4v) is 8.91. The lowest BCUT2D eigenvalue weighted by Crippen LogP contribution is -2.61. The number of fused-ring (bicyclic) bond motifs is 12. The van der Waals surface area contributed by atoms with Crippen LogP contribution in [0.4, 0.5) is 28.6 Å². The Morgan fingerprint density at radius 2 is 1.33 bits per heavy atom. The van der Waals surface area contributed by atoms with E-state index in [9.17, 15) is 0 Å². The van der Waals surface area contributed by atoms with Crippen LogP contribution in [0.2, 0.25) is 0 Å². The number of hydrogen-bond donors (Lipinski definition) is 0. The molecule has 6 aromatic rings. The molecule has 0 bridgehead atoms. The van der Waals surface area contributed by atoms with Gasteiger partial charge in [-0.15, -0.1) is 0 Å². The lowest BCUT2D eigenvalue weighted by Gasteiger charge is -2.52. The summed E-state index contributed by atoms with van der Waals surface area (Å²) < 4.78 is 0. The number of anilines is 5. The monoisotopic (exact) mass is 663 g/mol. The first-order valence-electron chi connectivity index (χ1n) is 17.7. The molecule has 7 heteroatoms. The molecule has 5 heterocycles. The standard InChI is InChI=1S/C44H37N7/c1-28-16-10-11-22-33(28)40-45-27-38-42(46-40)48(3)43-39-35(34-23-13-14-24-36(34)50(38)43)26-29(2)32-21-12-15-25-37(32)51-44(39)49(31-19-8-5-9-20-31)41(47-51)30-17-6-4-7-18-30/h4-25,27,35,39,43-44H,2,26H2,1,3H3. The molecule has 4 aliphatic rings. The molecule has 4 unspecified atom stereocenters. The van der Waals surface area contributed by atoms with Gasteiger partial charge in [-0.25, -0.2) is 15.0 Å². The summed E-state index contributed by atoms with van der Waals surface area (Å²) in [5, 5.41) is 7.88. The van der Waals surface area contributed by atoms with E-state index in [1.165, 1.54) is 11.3 Å². The highest BCUT2D eigenvalue weighted by Gasteiger charge is 2.57. The van der Waals surface area contributed by atoms with Gasteiger partial charge in [0, 0.05) is 46.9 Å². The van der Waals surface area contributed by atoms with Crippen molar-refractivity contribution >= 4 is 40.0 Å². The maximum Gasteiger partial charge on any atom is 0.162 e. The molecular formula is C44H37N7. The Bertz CT molecular complexity index is 2350. The quantitative estimate of drug-likeness (QED) is 0.188. The highest BCUT2D eigenvalue weighted by atomic mass is 15.6. The Morgan fingerprint density at radius 1 is 0.667 bits per heavy atom. The van der Waals surface area contributed by atoms with Crippen molar-refractivity contribution in [1.82, 2.24) is 9.97 Å². The normalized spacial score (nSPS) is 21.5. The van der Waals surface area contributed by atoms with E-state index in [2.05, 4.69) is 167 Å². The van der Waals surface area contributed by atoms with Crippen LogP contribution in [-0.4, -0.2) is 35.2 Å². The van der Waals surface area contributed by atoms with Gasteiger partial charge in [0.1, 0.15) is 18.0 Å². The Kier molecular flexibility index (Phi) is 6.65. The second kappa shape index (κ2) is 11.4. The number of aromatic nitrogens is 2. The zero-order valence-corrected chi connectivity index (χ0v) is 28.6. The topological polar surface area (TPSA) is 51.1 Å². The molecule has 0 amide bonds. The van der Waals surface area contributed by atoms with Crippen LogP contribution in [0, 0.1) is 12.8 Å². The van der Waals surface area contributed by atoms with Crippen LogP contribution in [-0.2, 0) is 0 Å². The molecule has 0 fully saturated rings. The Labute approximate surface area is 298 Å². The van der Waals surface area contributed by atoms with Crippen LogP contribution in [0.1, 0.15) is 34.6 Å². The zero-order chi connectivity index (χ0) is 34.2. The molecule has 0 saturated heterocycles. The van der Waals surface area contributed by atoms with E-state index in [0.717, 1.165) is 68.8 Å². The van der Waals surface area contributed by atoms with Crippen LogP contribution in [0.5, 0.6) is 0 Å². The van der Waals surface area contributed by atoms with Gasteiger partial charge in [0.25, 0.3) is 0 Å². The summed E-state index contributed by atoms with van der Waals surface area (Å²) in [6.45, 7) is 6.87. The third kappa shape index (κ3) is 4.40. The number of benzene rings is 5. The van der Waals surface area contributed by atoms with Gasteiger partial charge in [0.2, 0.25) is 0 Å². The number of nitrogens with zero attached hydrogens (tertiary/aromatic N) is 7. The van der Waals surface area contributed by atoms with Crippen LogP contribution in [0.3, 0.4) is 0 Å². The van der Waals surface area contributed by atoms with Crippen LogP contribution < -0.4 is 19.7 Å². The predicted octanol–water partition coefficient (Wildman–Crippen LogP) is 9.21. The molecule has 0 aliphatic carbocycles. The van der Waals surface area contributed by atoms with Crippen molar-refractivity contribution in [3.63, 3.8) is 0 Å². The van der Waals surface area contributed by atoms with Gasteiger partial charge < -0.3 is 14.7 Å². The second-order valence-electron chi connectivity index (χ2n) is 13.9. The molecule has 1 aromatic heterocycles. The second-order valence-corrected chi connectivity index (χ2v) is 13.9. The summed E-state index contributed by atoms with van der Waals surface area (Å²) in [4.78, 5) is 17.7. The molecule has 0 spiro atoms. The summed E-state index contributed by atoms with van der Waals surface area (Å²) in [6, 6.07) is 47.3. The molecule has 4 aliphatic heterocycles. The van der Waals surface area contributed by atoms with E-state index in [0.29, 0.717) is 0 Å². The van der Waals surface area contributed by atoms with Crippen molar-refractivity contribution in [2.45, 2.75) is 31.6 Å². The number of amidine groups is 1. The lowest BCUT2D eigenvalue weighted by molar-refractivity contribution is 0.281. The van der Waals surface area contributed by atoms with Crippen molar-refractivity contribution in [2.75, 3.05) is 26.8 Å². The number of hydrogen-bond acceptors (Lipinski definition) is 7. The Hall–Kier alpha value is -6.21. The van der Waals surface area contributed by atoms with Crippen molar-refractivity contribution in [3.8, 4) is 11.4 Å². The maximum atomic E-state index is 5.58. The zero-order valence-electron chi connectivity index (χ0n) is 28.6. The number of rotatable bonds is 3. The molecule has 0 N–H and O–H groups in total. The SMILES string of the molecule is C=C1CC2c3ccccc3N3c4cnc(-c5ccccc5C)nc4N(C)C3C2C2N(N=C(c3ccccc3)N2c2ccccc2)c2ccccc21. The van der Waals surface area contributed by atoms with Gasteiger partial charge in [-0.05, 0) is 54.3 Å². The van der Waals surface area contributed by atoms with E-state index in [1.54, 1.807) is 0 Å². The molecule has 10 rings (SSSR count). The third-order valence-corrected chi connectivity index (χ3v) is 11.2. The first-order chi connectivity index (χ1) is 25.1. The summed E-state index contributed by atoms with van der Waals surface area (Å²) in [5.41, 5.74) is 11.3. The van der Waals surface area contributed by atoms with Crippen LogP contribution in [0.15, 0.2) is 151 Å². The van der Waals surface area contributed by atoms with Crippen molar-refractivity contribution in [2.24, 2.45) is 11.0 Å². The number of allylic oxidation sites excluding steroid dienone is 1. The summed E-state index contributed by atoms with van der Waals surface area (Å²) in [6.07, 6.45) is 2.59. The van der Waals surface area contributed by atoms with Crippen LogP contribution in [0.25, 0.3) is 17.0 Å². The molecular weight excluding hydrogens is 627 g/mol. The van der Waals surface area contributed by atoms with E-state index in [-0.39, 0.29) is 24.2 Å². The largest absolute Gasteiger partial charge is 0.337 e. The number of para-hydroxylation sites is 3. The molecule has 0 radical (unpaired) electrons. The van der Waals surface area contributed by atoms with Gasteiger partial charge in [-0.2, -0.15) is 5.10 Å². The van der Waals surface area contributed by atoms with E-state index < -0.39 is 0 Å². The highest BCUT2D eigenvalue weighted by Crippen LogP contribution is 2.58. The molecule has 0 saturated carbocycles. The molecule has 7 nitrogen and oxygen atoms in total. The van der Waals surface area contributed by atoms with Gasteiger partial charge in [0.05, 0.1) is 11.9 Å². The number of aryl methyl sites for hydroxylation is 1. The molecule has 51 heavy (non-hydrogen) atoms. The van der Waals surface area contributed by atoms with Crippen molar-refractivity contribution < 1.29 is 0 Å². The van der Waals surface area contributed by atoms with Gasteiger partial charge in [-0.1, -0.05) is 116 Å². The average Bonchev–Trinajstić information content (AvgIpc) is 3.71. The molecule has 5 aromatic carbocycles. The highest BCUT2D eigenvalue weighted by molar-refractivity contribution is 6.13. The smallest absolute Gasteiger partial charge is 0.162 e. The fraction of sp³-hybridized carbons (Fsp3) is 0.159. The lowest BCUT2D eigenvalue weighted by atomic mass is 9.72. The summed E-state index contributed by atoms with van der Waals surface area (Å²) >= 11 is 0. The Morgan fingerprint density at radius 3 is 2.12 bits per heavy atom. The van der Waals surface area contributed by atoms with Gasteiger partial charge in [-0.3, -0.25) is 0 Å². The van der Waals surface area contributed by atoms with E-state index in [1.807, 2.05) is 6.20 Å².